The van der Waals surface area contributed by atoms with E-state index in [1.54, 1.807) is 23.5 Å². The van der Waals surface area contributed by atoms with E-state index in [1.807, 2.05) is 81.7 Å². The van der Waals surface area contributed by atoms with E-state index < -0.39 is 18.1 Å². The number of nitrogens with one attached hydrogen (secondary N) is 2. The summed E-state index contributed by atoms with van der Waals surface area (Å²) in [6.45, 7) is 11.5. The lowest BCUT2D eigenvalue weighted by Gasteiger charge is -2.47. The number of aromatic hydroxyl groups is 1. The van der Waals surface area contributed by atoms with E-state index in [0.29, 0.717) is 34.8 Å². The van der Waals surface area contributed by atoms with Gasteiger partial charge in [0.2, 0.25) is 11.8 Å². The number of para-hydroxylation sites is 1. The summed E-state index contributed by atoms with van der Waals surface area (Å²) in [4.78, 5) is 43.3. The number of likely N-dealkylation sites (tertiary alicyclic amines) is 2. The molecule has 0 unspecified atom stereocenters. The van der Waals surface area contributed by atoms with Gasteiger partial charge in [-0.15, -0.1) is 21.5 Å². The molecule has 60 heavy (non-hydrogen) atoms. The number of piperidine rings is 1. The number of thiazole rings is 1. The first kappa shape index (κ1) is 39.8. The summed E-state index contributed by atoms with van der Waals surface area (Å²) in [5.41, 5.74) is 8.06. The molecule has 3 fully saturated rings. The molecule has 3 aliphatic rings. The Balaban J connectivity index is 0.791. The standard InChI is InChI=1S/C45H51N9O5S/c1-25(2)41(45(58)54-23-33(55)19-37(54)44(57)47-26(3)28-9-11-29(12-10-28)42-27(4)46-24-60-42)39-20-40(51-59-39)52-15-13-32(14-16-52)53-21-31(22-53)35-17-30-18-36(49-50-43(30)48-35)34-7-5-6-8-38(34)56/h5-12,17-18,20,24-26,31-33,37,41,55-56H,13-16,19,21-23H2,1-4H3,(H,47,57)(H,48,50)/t26-,33+,37-,41+/m0/s1. The minimum atomic E-state index is -0.802. The van der Waals surface area contributed by atoms with Crippen molar-refractivity contribution >= 4 is 40.0 Å². The van der Waals surface area contributed by atoms with Gasteiger partial charge in [0, 0.05) is 73.8 Å². The average Bonchev–Trinajstić information content (AvgIpc) is 4.05. The predicted octanol–water partition coefficient (Wildman–Crippen LogP) is 6.40. The predicted molar refractivity (Wildman–Crippen MR) is 230 cm³/mol. The molecule has 0 aliphatic carbocycles. The van der Waals surface area contributed by atoms with Crippen molar-refractivity contribution < 1.29 is 24.3 Å². The summed E-state index contributed by atoms with van der Waals surface area (Å²) in [7, 11) is 0. The molecule has 0 bridgehead atoms. The second-order valence-corrected chi connectivity index (χ2v) is 17.8. The minimum Gasteiger partial charge on any atom is -0.507 e. The first-order valence-electron chi connectivity index (χ1n) is 20.9. The Morgan fingerprint density at radius 2 is 1.75 bits per heavy atom. The van der Waals surface area contributed by atoms with E-state index in [9.17, 15) is 19.8 Å². The monoisotopic (exact) mass is 829 g/mol. The number of hydrogen-bond acceptors (Lipinski definition) is 12. The molecule has 15 heteroatoms. The zero-order valence-corrected chi connectivity index (χ0v) is 35.1. The number of carbonyl (C=O) groups is 2. The first-order valence-corrected chi connectivity index (χ1v) is 21.8. The third-order valence-corrected chi connectivity index (χ3v) is 13.6. The lowest BCUT2D eigenvalue weighted by atomic mass is 9.90. The van der Waals surface area contributed by atoms with Crippen LogP contribution in [0.15, 0.2) is 76.8 Å². The fourth-order valence-corrected chi connectivity index (χ4v) is 9.96. The quantitative estimate of drug-likeness (QED) is 0.114. The van der Waals surface area contributed by atoms with Crippen LogP contribution in [0.3, 0.4) is 0 Å². The van der Waals surface area contributed by atoms with E-state index >= 15 is 0 Å². The number of aromatic nitrogens is 5. The second-order valence-electron chi connectivity index (χ2n) is 17.0. The molecule has 6 aromatic rings. The molecule has 4 atom stereocenters. The van der Waals surface area contributed by atoms with Crippen LogP contribution in [-0.2, 0) is 9.59 Å². The van der Waals surface area contributed by atoms with Gasteiger partial charge in [-0.05, 0) is 68.0 Å². The van der Waals surface area contributed by atoms with Gasteiger partial charge in [0.15, 0.2) is 17.2 Å². The number of aliphatic hydroxyl groups is 1. The number of hydrogen-bond donors (Lipinski definition) is 4. The number of nitrogens with zero attached hydrogens (tertiary/aromatic N) is 7. The van der Waals surface area contributed by atoms with Gasteiger partial charge < -0.3 is 34.8 Å². The van der Waals surface area contributed by atoms with Crippen LogP contribution in [0.2, 0.25) is 0 Å². The molecule has 0 radical (unpaired) electrons. The van der Waals surface area contributed by atoms with Crippen molar-refractivity contribution in [3.8, 4) is 27.4 Å². The third kappa shape index (κ3) is 7.77. The molecule has 312 valence electrons. The zero-order chi connectivity index (χ0) is 41.7. The molecule has 3 aliphatic heterocycles. The van der Waals surface area contributed by atoms with Gasteiger partial charge in [-0.1, -0.05) is 55.4 Å². The van der Waals surface area contributed by atoms with E-state index in [2.05, 4.69) is 46.5 Å². The SMILES string of the molecule is Cc1ncsc1-c1ccc([C@H](C)NC(=O)[C@@H]2C[C@@H](O)CN2C(=O)[C@@H](c2cc(N3CCC(N4CC(c5cc6cc(-c7ccccc7O)nnc6[nH]5)C4)CC3)no2)C(C)C)cc1. The summed E-state index contributed by atoms with van der Waals surface area (Å²) in [6.07, 6.45) is 1.34. The molecule has 7 heterocycles. The lowest BCUT2D eigenvalue weighted by molar-refractivity contribution is -0.141. The molecule has 0 saturated carbocycles. The number of aromatic amines is 1. The number of β-amino-alcohol motifs (C(OH)–C–C–N with tert-alkyl or cyclic N) is 1. The second kappa shape index (κ2) is 16.4. The van der Waals surface area contributed by atoms with Gasteiger partial charge in [0.25, 0.3) is 0 Å². The highest BCUT2D eigenvalue weighted by Gasteiger charge is 2.44. The highest BCUT2D eigenvalue weighted by atomic mass is 32.1. The maximum atomic E-state index is 14.3. The van der Waals surface area contributed by atoms with Crippen LogP contribution in [0.1, 0.15) is 80.6 Å². The third-order valence-electron chi connectivity index (χ3n) is 12.6. The number of aliphatic hydroxyl groups excluding tert-OH is 1. The van der Waals surface area contributed by atoms with Crippen LogP contribution in [-0.4, -0.2) is 108 Å². The van der Waals surface area contributed by atoms with Crippen LogP contribution in [0.4, 0.5) is 5.82 Å². The molecule has 3 saturated heterocycles. The Morgan fingerprint density at radius 3 is 2.47 bits per heavy atom. The van der Waals surface area contributed by atoms with E-state index in [1.165, 1.54) is 4.90 Å². The van der Waals surface area contributed by atoms with Crippen molar-refractivity contribution in [2.45, 2.75) is 83.0 Å². The van der Waals surface area contributed by atoms with Crippen LogP contribution in [0.5, 0.6) is 5.75 Å². The molecular weight excluding hydrogens is 779 g/mol. The summed E-state index contributed by atoms with van der Waals surface area (Å²) < 4.78 is 5.90. The smallest absolute Gasteiger partial charge is 0.243 e. The number of carbonyl (C=O) groups excluding carboxylic acids is 2. The van der Waals surface area contributed by atoms with Crippen molar-refractivity contribution in [3.05, 3.63) is 95.0 Å². The van der Waals surface area contributed by atoms with E-state index in [4.69, 9.17) is 4.52 Å². The Labute approximate surface area is 352 Å². The molecular formula is C45H51N9O5S. The van der Waals surface area contributed by atoms with Gasteiger partial charge in [-0.2, -0.15) is 0 Å². The van der Waals surface area contributed by atoms with Crippen molar-refractivity contribution in [2.24, 2.45) is 5.92 Å². The Bertz CT molecular complexity index is 2480. The molecule has 14 nitrogen and oxygen atoms in total. The number of rotatable bonds is 11. The number of H-pyrrole nitrogens is 1. The minimum absolute atomic E-state index is 0.0816. The van der Waals surface area contributed by atoms with Crippen LogP contribution >= 0.6 is 11.3 Å². The number of anilines is 1. The lowest BCUT2D eigenvalue weighted by Crippen LogP contribution is -2.54. The molecule has 2 aromatic carbocycles. The largest absolute Gasteiger partial charge is 0.507 e. The van der Waals surface area contributed by atoms with Gasteiger partial charge in [0.05, 0.1) is 33.9 Å². The highest BCUT2D eigenvalue weighted by Crippen LogP contribution is 2.37. The molecule has 2 amide bonds. The number of fused-ring (bicyclic) bond motifs is 1. The van der Waals surface area contributed by atoms with Crippen LogP contribution in [0, 0.1) is 12.8 Å². The molecule has 9 rings (SSSR count). The zero-order valence-electron chi connectivity index (χ0n) is 34.3. The number of phenols is 1. The van der Waals surface area contributed by atoms with Crippen molar-refractivity contribution in [1.82, 2.24) is 40.4 Å². The van der Waals surface area contributed by atoms with Gasteiger partial charge in [-0.3, -0.25) is 14.5 Å². The maximum absolute atomic E-state index is 14.3. The van der Waals surface area contributed by atoms with Gasteiger partial charge in [0.1, 0.15) is 17.7 Å². The Kier molecular flexibility index (Phi) is 10.9. The Morgan fingerprint density at radius 1 is 0.983 bits per heavy atom. The first-order chi connectivity index (χ1) is 29.0. The van der Waals surface area contributed by atoms with Crippen LogP contribution < -0.4 is 10.2 Å². The normalized spacial score (nSPS) is 20.2. The summed E-state index contributed by atoms with van der Waals surface area (Å²) >= 11 is 1.60. The van der Waals surface area contributed by atoms with Crippen molar-refractivity contribution in [1.29, 1.82) is 0 Å². The molecule has 4 aromatic heterocycles. The summed E-state index contributed by atoms with van der Waals surface area (Å²) in [5, 5.41) is 38.3. The van der Waals surface area contributed by atoms with Crippen molar-refractivity contribution in [2.75, 3.05) is 37.6 Å². The van der Waals surface area contributed by atoms with E-state index in [-0.39, 0.29) is 42.5 Å². The topological polar surface area (TPSA) is 177 Å². The fourth-order valence-electron chi connectivity index (χ4n) is 9.15. The number of benzene rings is 2. The average molecular weight is 830 g/mol. The number of phenolic OH excluding ortho intramolecular Hbond substituents is 1. The van der Waals surface area contributed by atoms with Crippen molar-refractivity contribution in [3.63, 3.8) is 0 Å². The number of amides is 2. The highest BCUT2D eigenvalue weighted by molar-refractivity contribution is 7.13. The van der Waals surface area contributed by atoms with E-state index in [0.717, 1.165) is 77.4 Å². The molecule has 0 spiro atoms. The van der Waals surface area contributed by atoms with Crippen LogP contribution in [0.25, 0.3) is 32.7 Å². The summed E-state index contributed by atoms with van der Waals surface area (Å²) in [6, 6.07) is 20.6. The maximum Gasteiger partial charge on any atom is 0.243 e. The fraction of sp³-hybridized carbons (Fsp3) is 0.422. The summed E-state index contributed by atoms with van der Waals surface area (Å²) in [5.74, 6) is 0.432. The number of aryl methyl sites for hydroxylation is 1. The Hall–Kier alpha value is -5.64. The van der Waals surface area contributed by atoms with Gasteiger partial charge in [-0.25, -0.2) is 4.98 Å². The van der Waals surface area contributed by atoms with Gasteiger partial charge >= 0.3 is 0 Å². The molecule has 4 N–H and O–H groups in total.